The molecule has 0 heterocycles. The largest absolute Gasteiger partial charge is 0.460 e. The van der Waals surface area contributed by atoms with Crippen LogP contribution < -0.4 is 5.32 Å². The van der Waals surface area contributed by atoms with E-state index in [1.165, 1.54) is 0 Å². The minimum absolute atomic E-state index is 0.0538. The molecule has 0 aromatic heterocycles. The predicted molar refractivity (Wildman–Crippen MR) is 189 cm³/mol. The number of hydrogen-bond donors (Lipinski definition) is 1. The third-order valence-corrected chi connectivity index (χ3v) is 14.5. The Kier molecular flexibility index (Phi) is 13.1. The van der Waals surface area contributed by atoms with Gasteiger partial charge in [0.15, 0.2) is 8.32 Å². The number of nitrogens with one attached hydrogen (secondary N) is 1. The minimum atomic E-state index is -2.03. The molecule has 256 valence electrons. The van der Waals surface area contributed by atoms with Gasteiger partial charge in [0.1, 0.15) is 18.8 Å². The number of carbonyl (C=O) groups is 2. The lowest BCUT2D eigenvalue weighted by molar-refractivity contribution is -0.163. The van der Waals surface area contributed by atoms with Gasteiger partial charge in [-0.1, -0.05) is 103 Å². The van der Waals surface area contributed by atoms with Crippen LogP contribution in [0.2, 0.25) is 18.1 Å². The Morgan fingerprint density at radius 3 is 1.98 bits per heavy atom. The number of carbonyl (C=O) groups excluding carboxylic acids is 2. The van der Waals surface area contributed by atoms with Crippen molar-refractivity contribution in [1.29, 1.82) is 0 Å². The number of fused-ring (bicyclic) bond motifs is 3. The zero-order valence-electron chi connectivity index (χ0n) is 30.2. The van der Waals surface area contributed by atoms with Crippen LogP contribution >= 0.6 is 0 Å². The van der Waals surface area contributed by atoms with Gasteiger partial charge in [-0.2, -0.15) is 0 Å². The third-order valence-electron chi connectivity index (χ3n) is 10.1. The zero-order valence-corrected chi connectivity index (χ0v) is 31.2. The first kappa shape index (κ1) is 37.8. The second-order valence-corrected chi connectivity index (χ2v) is 20.1. The van der Waals surface area contributed by atoms with Gasteiger partial charge in [0.05, 0.1) is 6.10 Å². The molecule has 46 heavy (non-hydrogen) atoms. The van der Waals surface area contributed by atoms with Gasteiger partial charge in [-0.05, 0) is 72.5 Å². The molecule has 8 heteroatoms. The lowest BCUT2D eigenvalue weighted by Crippen LogP contribution is -2.49. The van der Waals surface area contributed by atoms with Gasteiger partial charge in [-0.25, -0.2) is 9.59 Å². The summed E-state index contributed by atoms with van der Waals surface area (Å²) in [5.74, 6) is -0.489. The standard InChI is InChI=1S/C38H59NO6Si/c1-12-17-28(42-9)23-22-26(2)34(38(7,8)25-44-46(10,11)37(4,5)6)45-35(40)27(3)39-36(41)43-24-33-31-20-15-13-18-29(31)30-19-14-16-21-32(30)33/h13-16,18-21,26-28,33-34H,12,17,22-25H2,1-11H3,(H,39,41)/t26-,27+,28+,34+/m1/s1. The highest BCUT2D eigenvalue weighted by Crippen LogP contribution is 2.44. The molecule has 1 amide bonds. The highest BCUT2D eigenvalue weighted by molar-refractivity contribution is 6.74. The molecule has 0 unspecified atom stereocenters. The Bertz CT molecular complexity index is 1260. The average molecular weight is 654 g/mol. The predicted octanol–water partition coefficient (Wildman–Crippen LogP) is 9.10. The summed E-state index contributed by atoms with van der Waals surface area (Å²) < 4.78 is 24.3. The maximum absolute atomic E-state index is 13.5. The molecule has 2 aromatic rings. The maximum Gasteiger partial charge on any atom is 0.407 e. The Morgan fingerprint density at radius 1 is 0.891 bits per heavy atom. The van der Waals surface area contributed by atoms with Gasteiger partial charge in [0.25, 0.3) is 0 Å². The minimum Gasteiger partial charge on any atom is -0.460 e. The van der Waals surface area contributed by atoms with E-state index in [4.69, 9.17) is 18.6 Å². The topological polar surface area (TPSA) is 83.1 Å². The summed E-state index contributed by atoms with van der Waals surface area (Å²) in [4.78, 5) is 26.5. The summed E-state index contributed by atoms with van der Waals surface area (Å²) in [6, 6.07) is 15.5. The average Bonchev–Trinajstić information content (AvgIpc) is 3.32. The van der Waals surface area contributed by atoms with Crippen molar-refractivity contribution in [1.82, 2.24) is 5.32 Å². The van der Waals surface area contributed by atoms with E-state index < -0.39 is 37.9 Å². The van der Waals surface area contributed by atoms with Crippen LogP contribution in [0.15, 0.2) is 48.5 Å². The van der Waals surface area contributed by atoms with Crippen LogP contribution in [-0.2, 0) is 23.4 Å². The summed E-state index contributed by atoms with van der Waals surface area (Å²) in [6.45, 7) is 22.0. The lowest BCUT2D eigenvalue weighted by Gasteiger charge is -2.43. The zero-order chi connectivity index (χ0) is 34.3. The summed E-state index contributed by atoms with van der Waals surface area (Å²) in [5, 5.41) is 2.78. The molecule has 3 rings (SSSR count). The van der Waals surface area contributed by atoms with E-state index >= 15 is 0 Å². The van der Waals surface area contributed by atoms with Gasteiger partial charge in [-0.3, -0.25) is 0 Å². The Balaban J connectivity index is 1.67. The van der Waals surface area contributed by atoms with E-state index in [9.17, 15) is 9.59 Å². The molecular formula is C38H59NO6Si. The fourth-order valence-electron chi connectivity index (χ4n) is 6.12. The molecule has 4 atom stereocenters. The maximum atomic E-state index is 13.5. The van der Waals surface area contributed by atoms with E-state index in [2.05, 4.69) is 91.1 Å². The van der Waals surface area contributed by atoms with Crippen LogP contribution in [0.25, 0.3) is 11.1 Å². The Morgan fingerprint density at radius 2 is 1.46 bits per heavy atom. The molecule has 1 aliphatic rings. The lowest BCUT2D eigenvalue weighted by atomic mass is 9.78. The number of esters is 1. The molecule has 0 aliphatic heterocycles. The summed E-state index contributed by atoms with van der Waals surface area (Å²) in [6.07, 6.45) is 2.88. The van der Waals surface area contributed by atoms with Gasteiger partial charge in [0, 0.05) is 25.0 Å². The summed E-state index contributed by atoms with van der Waals surface area (Å²) in [7, 11) is -0.271. The second kappa shape index (κ2) is 15.9. The first-order valence-corrected chi connectivity index (χ1v) is 19.9. The molecule has 0 spiro atoms. The van der Waals surface area contributed by atoms with Crippen LogP contribution in [0, 0.1) is 11.3 Å². The smallest absolute Gasteiger partial charge is 0.407 e. The van der Waals surface area contributed by atoms with Crippen LogP contribution in [0.3, 0.4) is 0 Å². The van der Waals surface area contributed by atoms with Crippen molar-refractivity contribution < 1.29 is 28.2 Å². The van der Waals surface area contributed by atoms with Crippen molar-refractivity contribution >= 4 is 20.4 Å². The van der Waals surface area contributed by atoms with E-state index in [0.717, 1.165) is 47.9 Å². The van der Waals surface area contributed by atoms with Crippen molar-refractivity contribution in [2.45, 2.75) is 123 Å². The van der Waals surface area contributed by atoms with Crippen LogP contribution in [0.5, 0.6) is 0 Å². The number of benzene rings is 2. The van der Waals surface area contributed by atoms with Crippen molar-refractivity contribution in [3.8, 4) is 11.1 Å². The Hall–Kier alpha value is -2.68. The van der Waals surface area contributed by atoms with E-state index in [0.29, 0.717) is 6.61 Å². The molecular weight excluding hydrogens is 595 g/mol. The molecule has 7 nitrogen and oxygen atoms in total. The number of hydrogen-bond acceptors (Lipinski definition) is 6. The van der Waals surface area contributed by atoms with Gasteiger partial charge in [0.2, 0.25) is 0 Å². The summed E-state index contributed by atoms with van der Waals surface area (Å²) in [5.41, 5.74) is 4.14. The fourth-order valence-corrected chi connectivity index (χ4v) is 7.28. The summed E-state index contributed by atoms with van der Waals surface area (Å²) >= 11 is 0. The number of ether oxygens (including phenoxy) is 3. The van der Waals surface area contributed by atoms with Gasteiger partial charge < -0.3 is 24.0 Å². The molecule has 0 fully saturated rings. The van der Waals surface area contributed by atoms with Crippen LogP contribution in [0.4, 0.5) is 4.79 Å². The monoisotopic (exact) mass is 653 g/mol. The highest BCUT2D eigenvalue weighted by Gasteiger charge is 2.43. The molecule has 0 saturated carbocycles. The SMILES string of the molecule is CCC[C@@H](CC[C@@H](C)[C@H](OC(=O)[C@H](C)NC(=O)OCC1c2ccccc2-c2ccccc21)C(C)(C)CO[Si](C)(C)C(C)(C)C)OC. The van der Waals surface area contributed by atoms with Crippen molar-refractivity contribution in [3.63, 3.8) is 0 Å². The fraction of sp³-hybridized carbons (Fsp3) is 0.632. The first-order valence-electron chi connectivity index (χ1n) is 17.0. The molecule has 1 N–H and O–H groups in total. The van der Waals surface area contributed by atoms with Gasteiger partial charge in [-0.15, -0.1) is 0 Å². The van der Waals surface area contributed by atoms with Crippen LogP contribution in [-0.4, -0.2) is 59.0 Å². The normalized spacial score (nSPS) is 16.2. The molecule has 1 aliphatic carbocycles. The third kappa shape index (κ3) is 9.45. The molecule has 0 radical (unpaired) electrons. The number of rotatable bonds is 16. The quantitative estimate of drug-likeness (QED) is 0.144. The highest BCUT2D eigenvalue weighted by atomic mass is 28.4. The molecule has 0 saturated heterocycles. The number of amides is 1. The van der Waals surface area contributed by atoms with E-state index in [1.54, 1.807) is 14.0 Å². The van der Waals surface area contributed by atoms with Crippen molar-refractivity contribution in [2.24, 2.45) is 11.3 Å². The Labute approximate surface area is 279 Å². The molecule has 2 aromatic carbocycles. The van der Waals surface area contributed by atoms with E-state index in [-0.39, 0.29) is 29.6 Å². The first-order chi connectivity index (χ1) is 21.5. The van der Waals surface area contributed by atoms with Crippen molar-refractivity contribution in [3.05, 3.63) is 59.7 Å². The second-order valence-electron chi connectivity index (χ2n) is 15.3. The number of alkyl carbamates (subject to hydrolysis) is 1. The van der Waals surface area contributed by atoms with Crippen molar-refractivity contribution in [2.75, 3.05) is 20.3 Å². The van der Waals surface area contributed by atoms with E-state index in [1.807, 2.05) is 24.3 Å². The molecule has 0 bridgehead atoms. The van der Waals surface area contributed by atoms with Gasteiger partial charge >= 0.3 is 12.1 Å². The van der Waals surface area contributed by atoms with Crippen LogP contribution in [0.1, 0.15) is 98.1 Å². The number of methoxy groups -OCH3 is 1.